The van der Waals surface area contributed by atoms with Gasteiger partial charge >= 0.3 is 0 Å². The van der Waals surface area contributed by atoms with Gasteiger partial charge in [0.1, 0.15) is 6.61 Å². The maximum atomic E-state index is 14.8. The summed E-state index contributed by atoms with van der Waals surface area (Å²) in [6.07, 6.45) is 1.76. The Balaban J connectivity index is 1.49. The summed E-state index contributed by atoms with van der Waals surface area (Å²) in [5, 5.41) is 6.73. The van der Waals surface area contributed by atoms with Crippen molar-refractivity contribution in [1.29, 1.82) is 0 Å². The van der Waals surface area contributed by atoms with Crippen LogP contribution in [-0.4, -0.2) is 72.4 Å². The Morgan fingerprint density at radius 2 is 1.94 bits per heavy atom. The number of hydrogen-bond donors (Lipinski definition) is 2. The third-order valence-electron chi connectivity index (χ3n) is 7.02. The Kier molecular flexibility index (Phi) is 7.86. The molecule has 2 fully saturated rings. The summed E-state index contributed by atoms with van der Waals surface area (Å²) in [6.45, 7) is 8.27. The first-order valence-electron chi connectivity index (χ1n) is 12.5. The lowest BCUT2D eigenvalue weighted by Gasteiger charge is -2.31. The van der Waals surface area contributed by atoms with Gasteiger partial charge in [-0.15, -0.1) is 0 Å². The third kappa shape index (κ3) is 5.89. The number of nitrogens with one attached hydrogen (secondary N) is 2. The first kappa shape index (κ1) is 25.7. The van der Waals surface area contributed by atoms with Crippen LogP contribution in [0.5, 0.6) is 0 Å². The van der Waals surface area contributed by atoms with Crippen molar-refractivity contribution in [1.82, 2.24) is 25.4 Å². The van der Waals surface area contributed by atoms with Crippen molar-refractivity contribution in [2.75, 3.05) is 33.8 Å². The van der Waals surface area contributed by atoms with Crippen LogP contribution < -0.4 is 10.6 Å². The molecule has 2 aromatic rings. The quantitative estimate of drug-likeness (QED) is 0.307. The molecule has 7 nitrogen and oxygen atoms in total. The maximum absolute atomic E-state index is 14.8. The van der Waals surface area contributed by atoms with Crippen LogP contribution in [-0.2, 0) is 9.53 Å². The van der Waals surface area contributed by atoms with E-state index in [0.29, 0.717) is 17.9 Å². The van der Waals surface area contributed by atoms with E-state index in [9.17, 15) is 9.18 Å². The SMILES string of the molecule is CC(C)c1ccc([C@@H](NC(=O)[C@@H]2CCCN2C[C@H](C)NC2(N(C)C)CO2)c2ccccc2)nc1F. The Hall–Kier alpha value is -2.39. The minimum atomic E-state index is -0.519. The molecule has 190 valence electrons. The lowest BCUT2D eigenvalue weighted by molar-refractivity contribution is -0.126. The molecule has 2 N–H and O–H groups in total. The van der Waals surface area contributed by atoms with E-state index in [2.05, 4.69) is 27.4 Å². The van der Waals surface area contributed by atoms with Crippen LogP contribution in [0.1, 0.15) is 62.4 Å². The molecule has 0 spiro atoms. The van der Waals surface area contributed by atoms with E-state index in [1.54, 1.807) is 6.07 Å². The van der Waals surface area contributed by atoms with Crippen molar-refractivity contribution in [2.45, 2.75) is 63.5 Å². The maximum Gasteiger partial charge on any atom is 0.238 e. The van der Waals surface area contributed by atoms with Crippen LogP contribution in [0.2, 0.25) is 0 Å². The molecule has 0 bridgehead atoms. The highest BCUT2D eigenvalue weighted by Gasteiger charge is 2.48. The zero-order chi connectivity index (χ0) is 25.2. The van der Waals surface area contributed by atoms with Gasteiger partial charge in [-0.1, -0.05) is 50.2 Å². The molecule has 1 unspecified atom stereocenters. The van der Waals surface area contributed by atoms with Gasteiger partial charge in [0, 0.05) is 18.2 Å². The topological polar surface area (TPSA) is 73.0 Å². The summed E-state index contributed by atoms with van der Waals surface area (Å²) in [6, 6.07) is 12.6. The van der Waals surface area contributed by atoms with E-state index >= 15 is 0 Å². The number of likely N-dealkylation sites (tertiary alicyclic amines) is 1. The normalized spacial score (nSPS) is 24.1. The minimum absolute atomic E-state index is 0.0386. The number of nitrogens with zero attached hydrogens (tertiary/aromatic N) is 3. The van der Waals surface area contributed by atoms with Gasteiger partial charge < -0.3 is 10.1 Å². The van der Waals surface area contributed by atoms with Crippen molar-refractivity contribution >= 4 is 5.91 Å². The number of halogens is 1. The highest BCUT2D eigenvalue weighted by atomic mass is 19.1. The highest BCUT2D eigenvalue weighted by Crippen LogP contribution is 2.28. The smallest absolute Gasteiger partial charge is 0.238 e. The molecule has 2 aliphatic rings. The number of aromatic nitrogens is 1. The van der Waals surface area contributed by atoms with E-state index in [0.717, 1.165) is 31.5 Å². The Labute approximate surface area is 208 Å². The van der Waals surface area contributed by atoms with E-state index in [1.165, 1.54) is 0 Å². The first-order valence-corrected chi connectivity index (χ1v) is 12.5. The number of epoxide rings is 1. The van der Waals surface area contributed by atoms with Crippen molar-refractivity contribution < 1.29 is 13.9 Å². The van der Waals surface area contributed by atoms with E-state index in [-0.39, 0.29) is 23.9 Å². The zero-order valence-electron chi connectivity index (χ0n) is 21.4. The number of likely N-dealkylation sites (N-methyl/N-ethyl adjacent to an activating group) is 1. The van der Waals surface area contributed by atoms with E-state index in [1.807, 2.05) is 69.2 Å². The Bertz CT molecular complexity index is 1010. The summed E-state index contributed by atoms with van der Waals surface area (Å²) in [4.78, 5) is 22.1. The number of amides is 1. The minimum Gasteiger partial charge on any atom is -0.342 e. The van der Waals surface area contributed by atoms with E-state index < -0.39 is 17.8 Å². The molecule has 4 atom stereocenters. The predicted octanol–water partition coefficient (Wildman–Crippen LogP) is 3.24. The van der Waals surface area contributed by atoms with Crippen molar-refractivity contribution in [3.05, 3.63) is 65.2 Å². The van der Waals surface area contributed by atoms with Crippen LogP contribution in [0.4, 0.5) is 4.39 Å². The third-order valence-corrected chi connectivity index (χ3v) is 7.02. The number of hydrogen-bond acceptors (Lipinski definition) is 6. The number of benzene rings is 1. The largest absolute Gasteiger partial charge is 0.342 e. The molecule has 2 aliphatic heterocycles. The van der Waals surface area contributed by atoms with Crippen LogP contribution in [0, 0.1) is 5.95 Å². The van der Waals surface area contributed by atoms with Gasteiger partial charge in [-0.25, -0.2) is 4.98 Å². The summed E-state index contributed by atoms with van der Waals surface area (Å²) in [5.74, 6) is -0.889. The molecular weight excluding hydrogens is 445 g/mol. The number of ether oxygens (including phenoxy) is 1. The van der Waals surface area contributed by atoms with E-state index in [4.69, 9.17) is 4.74 Å². The summed E-state index contributed by atoms with van der Waals surface area (Å²) < 4.78 is 20.4. The average Bonchev–Trinajstić information content (AvgIpc) is 3.46. The lowest BCUT2D eigenvalue weighted by atomic mass is 9.99. The van der Waals surface area contributed by atoms with Crippen molar-refractivity contribution in [2.24, 2.45) is 0 Å². The van der Waals surface area contributed by atoms with Gasteiger partial charge in [-0.05, 0) is 58.0 Å². The number of pyridine rings is 1. The van der Waals surface area contributed by atoms with Crippen molar-refractivity contribution in [3.63, 3.8) is 0 Å². The monoisotopic (exact) mass is 483 g/mol. The molecule has 35 heavy (non-hydrogen) atoms. The molecule has 8 heteroatoms. The van der Waals surface area contributed by atoms with Gasteiger partial charge in [0.25, 0.3) is 0 Å². The van der Waals surface area contributed by atoms with Gasteiger partial charge in [-0.2, -0.15) is 4.39 Å². The second-order valence-electron chi connectivity index (χ2n) is 10.3. The van der Waals surface area contributed by atoms with Crippen LogP contribution in [0.3, 0.4) is 0 Å². The number of rotatable bonds is 10. The molecular formula is C27H38FN5O2. The molecule has 1 aromatic heterocycles. The molecule has 0 saturated carbocycles. The molecule has 1 amide bonds. The van der Waals surface area contributed by atoms with Crippen LogP contribution in [0.25, 0.3) is 0 Å². The Morgan fingerprint density at radius 3 is 2.54 bits per heavy atom. The summed E-state index contributed by atoms with van der Waals surface area (Å²) >= 11 is 0. The molecule has 2 saturated heterocycles. The first-order chi connectivity index (χ1) is 16.7. The van der Waals surface area contributed by atoms with Crippen LogP contribution in [0.15, 0.2) is 42.5 Å². The molecule has 0 radical (unpaired) electrons. The number of carbonyl (C=O) groups is 1. The molecule has 4 rings (SSSR count). The molecule has 0 aliphatic carbocycles. The fourth-order valence-corrected chi connectivity index (χ4v) is 4.93. The second-order valence-corrected chi connectivity index (χ2v) is 10.3. The summed E-state index contributed by atoms with van der Waals surface area (Å²) in [7, 11) is 3.99. The number of carbonyl (C=O) groups excluding carboxylic acids is 1. The van der Waals surface area contributed by atoms with Gasteiger partial charge in [0.15, 0.2) is 0 Å². The lowest BCUT2D eigenvalue weighted by Crippen LogP contribution is -2.54. The predicted molar refractivity (Wildman–Crippen MR) is 134 cm³/mol. The highest BCUT2D eigenvalue weighted by molar-refractivity contribution is 5.82. The second kappa shape index (κ2) is 10.7. The average molecular weight is 484 g/mol. The Morgan fingerprint density at radius 1 is 1.23 bits per heavy atom. The molecule has 3 heterocycles. The van der Waals surface area contributed by atoms with Gasteiger partial charge in [-0.3, -0.25) is 19.9 Å². The fourth-order valence-electron chi connectivity index (χ4n) is 4.93. The van der Waals surface area contributed by atoms with Gasteiger partial charge in [0.2, 0.25) is 17.7 Å². The molecule has 1 aromatic carbocycles. The van der Waals surface area contributed by atoms with Crippen LogP contribution >= 0.6 is 0 Å². The fraction of sp³-hybridized carbons (Fsp3) is 0.556. The summed E-state index contributed by atoms with van der Waals surface area (Å²) in [5.41, 5.74) is 1.96. The standard InChI is InChI=1S/C27H38FN5O2/c1-18(2)21-13-14-22(29-25(21)28)24(20-10-7-6-8-11-20)30-26(34)23-12-9-15-33(23)16-19(3)31-27(17-35-27)32(4)5/h6-8,10-11,13-14,18-19,23-24,31H,9,12,15-17H2,1-5H3,(H,30,34)/t19-,23-,24-,27?/m0/s1. The van der Waals surface area contributed by atoms with Crippen molar-refractivity contribution in [3.8, 4) is 0 Å². The van der Waals surface area contributed by atoms with Gasteiger partial charge in [0.05, 0.1) is 17.8 Å². The zero-order valence-corrected chi connectivity index (χ0v) is 21.4.